The minimum Gasteiger partial charge on any atom is -0.471 e. The molecule has 0 unspecified atom stereocenters. The lowest BCUT2D eigenvalue weighted by Crippen LogP contribution is -2.14. The smallest absolute Gasteiger partial charge is 0.306 e. The molecule has 1 N–H and O–H groups in total. The van der Waals surface area contributed by atoms with Crippen LogP contribution in [0.5, 0.6) is 5.75 Å². The summed E-state index contributed by atoms with van der Waals surface area (Å²) in [5.41, 5.74) is 0.424. The van der Waals surface area contributed by atoms with Crippen molar-refractivity contribution in [3.63, 3.8) is 0 Å². The van der Waals surface area contributed by atoms with Gasteiger partial charge in [-0.25, -0.2) is 4.68 Å². The predicted octanol–water partition coefficient (Wildman–Crippen LogP) is 2.82. The Kier molecular flexibility index (Phi) is 5.81. The number of nitrogens with zero attached hydrogens (tertiary/aromatic N) is 5. The summed E-state index contributed by atoms with van der Waals surface area (Å²) >= 11 is 3.35. The Morgan fingerprint density at radius 3 is 2.63 bits per heavy atom. The van der Waals surface area contributed by atoms with Crippen LogP contribution in [0, 0.1) is 10.1 Å². The quantitative estimate of drug-likeness (QED) is 0.430. The fraction of sp³-hybridized carbons (Fsp3) is 0.188. The van der Waals surface area contributed by atoms with E-state index in [1.807, 2.05) is 24.3 Å². The normalized spacial score (nSPS) is 10.6. The Labute approximate surface area is 162 Å². The molecule has 0 saturated carbocycles. The molecule has 27 heavy (non-hydrogen) atoms. The zero-order chi connectivity index (χ0) is 19.2. The van der Waals surface area contributed by atoms with Crippen molar-refractivity contribution in [3.8, 4) is 5.75 Å². The van der Waals surface area contributed by atoms with Crippen molar-refractivity contribution in [2.45, 2.75) is 19.7 Å². The summed E-state index contributed by atoms with van der Waals surface area (Å²) in [4.78, 5) is 22.1. The fourth-order valence-corrected chi connectivity index (χ4v) is 2.44. The van der Waals surface area contributed by atoms with Gasteiger partial charge in [-0.3, -0.25) is 19.6 Å². The van der Waals surface area contributed by atoms with Crippen LogP contribution in [-0.4, -0.2) is 30.4 Å². The maximum absolute atomic E-state index is 12.0. The second-order valence-electron chi connectivity index (χ2n) is 5.51. The van der Waals surface area contributed by atoms with Crippen LogP contribution in [0.2, 0.25) is 0 Å². The lowest BCUT2D eigenvalue weighted by atomic mass is 10.3. The Balaban J connectivity index is 1.45. The number of carbonyl (C=O) groups excluding carboxylic acids is 1. The maximum Gasteiger partial charge on any atom is 0.306 e. The monoisotopic (exact) mass is 434 g/mol. The Hall–Kier alpha value is -3.21. The highest BCUT2D eigenvalue weighted by molar-refractivity contribution is 9.10. The standard InChI is InChI=1S/C16H15BrN6O4/c17-12-1-3-15(4-2-12)27-11-22-9-13(7-18-22)20-16(24)5-6-21-10-14(8-19-21)23(25)26/h1-4,7-10H,5-6,11H2,(H,20,24). The number of ether oxygens (including phenoxy) is 1. The van der Waals surface area contributed by atoms with Crippen molar-refractivity contribution in [2.24, 2.45) is 0 Å². The number of hydrogen-bond donors (Lipinski definition) is 1. The van der Waals surface area contributed by atoms with Crippen LogP contribution in [0.3, 0.4) is 0 Å². The predicted molar refractivity (Wildman–Crippen MR) is 99.1 cm³/mol. The van der Waals surface area contributed by atoms with E-state index in [9.17, 15) is 14.9 Å². The molecule has 0 aliphatic rings. The zero-order valence-electron chi connectivity index (χ0n) is 14.0. The molecule has 3 rings (SSSR count). The molecule has 11 heteroatoms. The summed E-state index contributed by atoms with van der Waals surface area (Å²) in [6.45, 7) is 0.439. The average molecular weight is 435 g/mol. The molecule has 0 radical (unpaired) electrons. The van der Waals surface area contributed by atoms with Gasteiger partial charge < -0.3 is 10.1 Å². The number of aromatic nitrogens is 4. The second-order valence-corrected chi connectivity index (χ2v) is 6.43. The van der Waals surface area contributed by atoms with Crippen LogP contribution < -0.4 is 10.1 Å². The summed E-state index contributed by atoms with van der Waals surface area (Å²) < 4.78 is 9.46. The first kappa shape index (κ1) is 18.6. The number of benzene rings is 1. The van der Waals surface area contributed by atoms with E-state index in [2.05, 4.69) is 31.4 Å². The Morgan fingerprint density at radius 1 is 1.19 bits per heavy atom. The van der Waals surface area contributed by atoms with E-state index >= 15 is 0 Å². The van der Waals surface area contributed by atoms with E-state index in [-0.39, 0.29) is 31.3 Å². The average Bonchev–Trinajstić information content (AvgIpc) is 3.29. The molecule has 140 valence electrons. The molecule has 0 aliphatic heterocycles. The van der Waals surface area contributed by atoms with Gasteiger partial charge in [-0.05, 0) is 24.3 Å². The largest absolute Gasteiger partial charge is 0.471 e. The van der Waals surface area contributed by atoms with Crippen molar-refractivity contribution < 1.29 is 14.5 Å². The fourth-order valence-electron chi connectivity index (χ4n) is 2.18. The van der Waals surface area contributed by atoms with Gasteiger partial charge in [-0.1, -0.05) is 15.9 Å². The maximum atomic E-state index is 12.0. The summed E-state index contributed by atoms with van der Waals surface area (Å²) in [5, 5.41) is 21.3. The third kappa shape index (κ3) is 5.38. The second kappa shape index (κ2) is 8.45. The zero-order valence-corrected chi connectivity index (χ0v) is 15.6. The molecule has 2 aromatic heterocycles. The van der Waals surface area contributed by atoms with Gasteiger partial charge in [0.25, 0.3) is 0 Å². The number of carbonyl (C=O) groups is 1. The molecule has 0 aliphatic carbocycles. The Morgan fingerprint density at radius 2 is 1.93 bits per heavy atom. The van der Waals surface area contributed by atoms with E-state index in [0.29, 0.717) is 11.4 Å². The van der Waals surface area contributed by atoms with Crippen LogP contribution >= 0.6 is 15.9 Å². The van der Waals surface area contributed by atoms with E-state index in [0.717, 1.165) is 10.7 Å². The molecule has 0 atom stereocenters. The summed E-state index contributed by atoms with van der Waals surface area (Å²) in [5.74, 6) is 0.453. The van der Waals surface area contributed by atoms with E-state index in [1.54, 1.807) is 10.9 Å². The van der Waals surface area contributed by atoms with Gasteiger partial charge in [0, 0.05) is 17.4 Å². The molecule has 3 aromatic rings. The molecule has 10 nitrogen and oxygen atoms in total. The molecule has 0 bridgehead atoms. The van der Waals surface area contributed by atoms with Crippen LogP contribution in [0.1, 0.15) is 6.42 Å². The molecular weight excluding hydrogens is 420 g/mol. The minimum absolute atomic E-state index is 0.109. The first-order valence-corrected chi connectivity index (χ1v) is 8.66. The van der Waals surface area contributed by atoms with Crippen molar-refractivity contribution in [1.82, 2.24) is 19.6 Å². The third-order valence-corrected chi connectivity index (χ3v) is 4.02. The van der Waals surface area contributed by atoms with Gasteiger partial charge in [-0.15, -0.1) is 0 Å². The molecular formula is C16H15BrN6O4. The van der Waals surface area contributed by atoms with Crippen LogP contribution in [0.15, 0.2) is 53.5 Å². The number of rotatable bonds is 8. The number of nitrogens with one attached hydrogen (secondary N) is 1. The lowest BCUT2D eigenvalue weighted by Gasteiger charge is -2.06. The van der Waals surface area contributed by atoms with Crippen molar-refractivity contribution in [2.75, 3.05) is 5.32 Å². The van der Waals surface area contributed by atoms with Gasteiger partial charge in [0.05, 0.1) is 23.0 Å². The van der Waals surface area contributed by atoms with Gasteiger partial charge in [0.2, 0.25) is 5.91 Å². The first-order valence-electron chi connectivity index (χ1n) is 7.87. The number of amides is 1. The van der Waals surface area contributed by atoms with Gasteiger partial charge in [0.1, 0.15) is 18.1 Å². The highest BCUT2D eigenvalue weighted by Crippen LogP contribution is 2.16. The van der Waals surface area contributed by atoms with Crippen LogP contribution in [0.25, 0.3) is 0 Å². The van der Waals surface area contributed by atoms with E-state index in [1.165, 1.54) is 17.1 Å². The molecule has 0 spiro atoms. The molecule has 2 heterocycles. The SMILES string of the molecule is O=C(CCn1cc([N+](=O)[O-])cn1)Nc1cnn(COc2ccc(Br)cc2)c1. The highest BCUT2D eigenvalue weighted by Gasteiger charge is 2.10. The number of hydrogen-bond acceptors (Lipinski definition) is 6. The lowest BCUT2D eigenvalue weighted by molar-refractivity contribution is -0.385. The Bertz CT molecular complexity index is 937. The van der Waals surface area contributed by atoms with Gasteiger partial charge >= 0.3 is 5.69 Å². The number of aryl methyl sites for hydroxylation is 1. The number of nitro groups is 1. The topological polar surface area (TPSA) is 117 Å². The van der Waals surface area contributed by atoms with Crippen molar-refractivity contribution in [1.29, 1.82) is 0 Å². The number of halogens is 1. The summed E-state index contributed by atoms with van der Waals surface area (Å²) in [6.07, 6.45) is 5.72. The highest BCUT2D eigenvalue weighted by atomic mass is 79.9. The minimum atomic E-state index is -0.533. The molecule has 1 amide bonds. The van der Waals surface area contributed by atoms with Crippen molar-refractivity contribution >= 4 is 33.2 Å². The van der Waals surface area contributed by atoms with E-state index in [4.69, 9.17) is 4.74 Å². The van der Waals surface area contributed by atoms with Gasteiger partial charge in [-0.2, -0.15) is 10.2 Å². The van der Waals surface area contributed by atoms with Gasteiger partial charge in [0.15, 0.2) is 6.73 Å². The van der Waals surface area contributed by atoms with E-state index < -0.39 is 4.92 Å². The summed E-state index contributed by atoms with van der Waals surface area (Å²) in [6, 6.07) is 7.41. The molecule has 1 aromatic carbocycles. The summed E-state index contributed by atoms with van der Waals surface area (Å²) in [7, 11) is 0. The number of anilines is 1. The first-order chi connectivity index (χ1) is 13.0. The van der Waals surface area contributed by atoms with Crippen LogP contribution in [-0.2, 0) is 18.1 Å². The van der Waals surface area contributed by atoms with Crippen molar-refractivity contribution in [3.05, 3.63) is 63.6 Å². The molecule has 0 fully saturated rings. The molecule has 0 saturated heterocycles. The van der Waals surface area contributed by atoms with Crippen LogP contribution in [0.4, 0.5) is 11.4 Å². The third-order valence-electron chi connectivity index (χ3n) is 3.49.